The molecule has 3 rings (SSSR count). The molecule has 100 valence electrons. The number of nitrogens with one attached hydrogen (secondary N) is 1. The first kappa shape index (κ1) is 12.1. The van der Waals surface area contributed by atoms with Crippen LogP contribution in [0.15, 0.2) is 24.3 Å². The minimum absolute atomic E-state index is 0.0630. The van der Waals surface area contributed by atoms with E-state index in [-0.39, 0.29) is 29.6 Å². The number of carbonyl (C=O) groups is 2. The number of rotatable bonds is 4. The summed E-state index contributed by atoms with van der Waals surface area (Å²) in [7, 11) is 0. The smallest absolute Gasteiger partial charge is 0.307 e. The van der Waals surface area contributed by atoms with Crippen molar-refractivity contribution in [1.82, 2.24) is 5.32 Å². The molecular weight excluding hydrogens is 249 g/mol. The maximum Gasteiger partial charge on any atom is 0.307 e. The van der Waals surface area contributed by atoms with E-state index in [0.717, 1.165) is 12.0 Å². The molecule has 0 aliphatic heterocycles. The Hall–Kier alpha value is -1.91. The predicted molar refractivity (Wildman–Crippen MR) is 64.9 cm³/mol. The van der Waals surface area contributed by atoms with Crippen molar-refractivity contribution >= 4 is 11.9 Å². The van der Waals surface area contributed by atoms with Crippen molar-refractivity contribution in [2.75, 3.05) is 0 Å². The van der Waals surface area contributed by atoms with E-state index in [9.17, 15) is 14.0 Å². The molecule has 0 saturated heterocycles. The molecule has 19 heavy (non-hydrogen) atoms. The first-order valence-electron chi connectivity index (χ1n) is 6.35. The first-order chi connectivity index (χ1) is 9.06. The Morgan fingerprint density at radius 1 is 1.16 bits per heavy atom. The van der Waals surface area contributed by atoms with Gasteiger partial charge in [-0.25, -0.2) is 4.39 Å². The van der Waals surface area contributed by atoms with E-state index in [2.05, 4.69) is 5.32 Å². The summed E-state index contributed by atoms with van der Waals surface area (Å²) in [5, 5.41) is 11.6. The van der Waals surface area contributed by atoms with Gasteiger partial charge in [-0.3, -0.25) is 9.59 Å². The van der Waals surface area contributed by atoms with Gasteiger partial charge in [0.25, 0.3) is 0 Å². The normalized spacial score (nSPS) is 31.6. The molecule has 2 fully saturated rings. The second-order valence-corrected chi connectivity index (χ2v) is 5.30. The fraction of sp³-hybridized carbons (Fsp3) is 0.429. The second-order valence-electron chi connectivity index (χ2n) is 5.30. The molecule has 2 aliphatic carbocycles. The second kappa shape index (κ2) is 4.33. The zero-order chi connectivity index (χ0) is 13.6. The third kappa shape index (κ3) is 2.45. The van der Waals surface area contributed by atoms with E-state index in [4.69, 9.17) is 5.11 Å². The van der Waals surface area contributed by atoms with Crippen molar-refractivity contribution in [3.05, 3.63) is 35.6 Å². The molecule has 0 bridgehead atoms. The molecule has 1 aromatic carbocycles. The highest BCUT2D eigenvalue weighted by Crippen LogP contribution is 2.43. The third-order valence-corrected chi connectivity index (χ3v) is 3.86. The van der Waals surface area contributed by atoms with Crippen molar-refractivity contribution in [3.63, 3.8) is 0 Å². The number of aliphatic carboxylic acids is 1. The Bertz CT molecular complexity index is 528. The average Bonchev–Trinajstić information content (AvgIpc) is 3.23. The number of carbonyl (C=O) groups excluding carboxylic acids is 1. The fourth-order valence-electron chi connectivity index (χ4n) is 2.48. The van der Waals surface area contributed by atoms with Gasteiger partial charge in [-0.05, 0) is 30.5 Å². The van der Waals surface area contributed by atoms with Crippen LogP contribution in [-0.2, 0) is 9.59 Å². The van der Waals surface area contributed by atoms with Crippen LogP contribution in [0.2, 0.25) is 0 Å². The first-order valence-corrected chi connectivity index (χ1v) is 6.35. The van der Waals surface area contributed by atoms with E-state index < -0.39 is 11.9 Å². The van der Waals surface area contributed by atoms with Gasteiger partial charge in [-0.15, -0.1) is 0 Å². The number of carboxylic acid groups (broad SMARTS) is 1. The SMILES string of the molecule is O=C(O)C1CC1C(=O)N[C@@H]1C[C@H]1c1ccc(F)cc1. The lowest BCUT2D eigenvalue weighted by Gasteiger charge is -2.04. The van der Waals surface area contributed by atoms with Gasteiger partial charge in [-0.2, -0.15) is 0 Å². The summed E-state index contributed by atoms with van der Waals surface area (Å²) in [5.74, 6) is -1.98. The van der Waals surface area contributed by atoms with Gasteiger partial charge in [0.1, 0.15) is 5.82 Å². The standard InChI is InChI=1S/C14H14FNO3/c15-8-3-1-7(2-4-8)9-6-12(9)16-13(17)10-5-11(10)14(18)19/h1-4,9-12H,5-6H2,(H,16,17)(H,18,19)/t9-,10?,11?,12+/m0/s1. The largest absolute Gasteiger partial charge is 0.481 e. The van der Waals surface area contributed by atoms with Crippen molar-refractivity contribution in [2.24, 2.45) is 11.8 Å². The summed E-state index contributed by atoms with van der Waals surface area (Å²) < 4.78 is 12.8. The maximum atomic E-state index is 12.8. The fourth-order valence-corrected chi connectivity index (χ4v) is 2.48. The van der Waals surface area contributed by atoms with Crippen molar-refractivity contribution in [2.45, 2.75) is 24.8 Å². The minimum atomic E-state index is -0.897. The van der Waals surface area contributed by atoms with Crippen molar-refractivity contribution in [3.8, 4) is 0 Å². The molecule has 0 spiro atoms. The molecule has 1 aromatic rings. The van der Waals surface area contributed by atoms with Crippen LogP contribution in [-0.4, -0.2) is 23.0 Å². The van der Waals surface area contributed by atoms with Gasteiger partial charge in [0.2, 0.25) is 5.91 Å². The third-order valence-electron chi connectivity index (χ3n) is 3.86. The lowest BCUT2D eigenvalue weighted by atomic mass is 10.1. The molecule has 4 nitrogen and oxygen atoms in total. The highest BCUT2D eigenvalue weighted by molar-refractivity contribution is 5.89. The van der Waals surface area contributed by atoms with E-state index in [1.807, 2.05) is 0 Å². The summed E-state index contributed by atoms with van der Waals surface area (Å²) in [5.41, 5.74) is 1.01. The Balaban J connectivity index is 1.52. The Kier molecular flexibility index (Phi) is 2.77. The molecule has 2 saturated carbocycles. The maximum absolute atomic E-state index is 12.8. The molecule has 2 unspecified atom stereocenters. The number of halogens is 1. The molecular formula is C14H14FNO3. The molecule has 4 atom stereocenters. The van der Waals surface area contributed by atoms with E-state index in [1.54, 1.807) is 12.1 Å². The van der Waals surface area contributed by atoms with Gasteiger partial charge in [0.05, 0.1) is 11.8 Å². The topological polar surface area (TPSA) is 66.4 Å². The van der Waals surface area contributed by atoms with Crippen molar-refractivity contribution in [1.29, 1.82) is 0 Å². The zero-order valence-corrected chi connectivity index (χ0v) is 10.2. The molecule has 5 heteroatoms. The Morgan fingerprint density at radius 2 is 1.84 bits per heavy atom. The lowest BCUT2D eigenvalue weighted by molar-refractivity contribution is -0.140. The van der Waals surface area contributed by atoms with Crippen LogP contribution in [0.4, 0.5) is 4.39 Å². The highest BCUT2D eigenvalue weighted by atomic mass is 19.1. The monoisotopic (exact) mass is 263 g/mol. The molecule has 0 radical (unpaired) electrons. The summed E-state index contributed by atoms with van der Waals surface area (Å²) in [4.78, 5) is 22.4. The quantitative estimate of drug-likeness (QED) is 0.865. The lowest BCUT2D eigenvalue weighted by Crippen LogP contribution is -2.29. The van der Waals surface area contributed by atoms with E-state index >= 15 is 0 Å². The van der Waals surface area contributed by atoms with E-state index in [1.165, 1.54) is 12.1 Å². The van der Waals surface area contributed by atoms with Crippen LogP contribution in [0.3, 0.4) is 0 Å². The molecule has 1 amide bonds. The minimum Gasteiger partial charge on any atom is -0.481 e. The zero-order valence-electron chi connectivity index (χ0n) is 10.2. The summed E-state index contributed by atoms with van der Waals surface area (Å²) in [6.07, 6.45) is 1.27. The molecule has 0 aromatic heterocycles. The van der Waals surface area contributed by atoms with Gasteiger partial charge in [0, 0.05) is 12.0 Å². The summed E-state index contributed by atoms with van der Waals surface area (Å²) in [6.45, 7) is 0. The van der Waals surface area contributed by atoms with E-state index in [0.29, 0.717) is 6.42 Å². The average molecular weight is 263 g/mol. The van der Waals surface area contributed by atoms with Crippen molar-refractivity contribution < 1.29 is 19.1 Å². The van der Waals surface area contributed by atoms with Gasteiger partial charge < -0.3 is 10.4 Å². The highest BCUT2D eigenvalue weighted by Gasteiger charge is 2.50. The van der Waals surface area contributed by atoms with Gasteiger partial charge in [-0.1, -0.05) is 12.1 Å². The Labute approximate surface area is 109 Å². The molecule has 2 aliphatic rings. The number of hydrogen-bond acceptors (Lipinski definition) is 2. The van der Waals surface area contributed by atoms with Crippen LogP contribution >= 0.6 is 0 Å². The van der Waals surface area contributed by atoms with Crippen LogP contribution in [0.25, 0.3) is 0 Å². The summed E-state index contributed by atoms with van der Waals surface area (Å²) >= 11 is 0. The Morgan fingerprint density at radius 3 is 2.42 bits per heavy atom. The van der Waals surface area contributed by atoms with Gasteiger partial charge in [0.15, 0.2) is 0 Å². The van der Waals surface area contributed by atoms with Crippen LogP contribution in [0, 0.1) is 17.7 Å². The van der Waals surface area contributed by atoms with Crippen LogP contribution < -0.4 is 5.32 Å². The predicted octanol–water partition coefficient (Wildman–Crippen LogP) is 1.52. The summed E-state index contributed by atoms with van der Waals surface area (Å²) in [6, 6.07) is 6.34. The number of amides is 1. The molecule has 2 N–H and O–H groups in total. The van der Waals surface area contributed by atoms with Crippen LogP contribution in [0.1, 0.15) is 24.3 Å². The van der Waals surface area contributed by atoms with Gasteiger partial charge >= 0.3 is 5.97 Å². The van der Waals surface area contributed by atoms with Crippen LogP contribution in [0.5, 0.6) is 0 Å². The number of benzene rings is 1. The number of hydrogen-bond donors (Lipinski definition) is 2. The molecule has 0 heterocycles. The number of carboxylic acids is 1.